The van der Waals surface area contributed by atoms with Gasteiger partial charge >= 0.3 is 0 Å². The van der Waals surface area contributed by atoms with Crippen molar-refractivity contribution in [2.45, 2.75) is 6.04 Å². The van der Waals surface area contributed by atoms with E-state index in [0.717, 1.165) is 10.4 Å². The van der Waals surface area contributed by atoms with Gasteiger partial charge in [0.25, 0.3) is 0 Å². The quantitative estimate of drug-likeness (QED) is 0.704. The molecule has 12 heavy (non-hydrogen) atoms. The average Bonchev–Trinajstić information content (AvgIpc) is 2.62. The van der Waals surface area contributed by atoms with Crippen molar-refractivity contribution < 1.29 is 0 Å². The monoisotopic (exact) mass is 182 g/mol. The fourth-order valence-corrected chi connectivity index (χ4v) is 1.99. The van der Waals surface area contributed by atoms with Gasteiger partial charge in [-0.3, -0.25) is 0 Å². The van der Waals surface area contributed by atoms with Gasteiger partial charge in [0.1, 0.15) is 4.83 Å². The molecule has 0 spiro atoms. The van der Waals surface area contributed by atoms with E-state index in [1.165, 1.54) is 0 Å². The molecule has 0 radical (unpaired) electrons. The second-order valence-electron chi connectivity index (χ2n) is 2.59. The molecule has 1 unspecified atom stereocenters. The van der Waals surface area contributed by atoms with Crippen molar-refractivity contribution in [1.29, 1.82) is 0 Å². The van der Waals surface area contributed by atoms with Crippen LogP contribution in [0.2, 0.25) is 0 Å². The minimum atomic E-state index is -0.0962. The zero-order valence-electron chi connectivity index (χ0n) is 6.47. The van der Waals surface area contributed by atoms with Crippen LogP contribution in [-0.2, 0) is 0 Å². The Kier molecular flexibility index (Phi) is 1.84. The molecule has 2 aromatic rings. The first-order valence-corrected chi connectivity index (χ1v) is 4.57. The highest BCUT2D eigenvalue weighted by Gasteiger charge is 2.10. The molecule has 0 saturated carbocycles. The number of fused-ring (bicyclic) bond motifs is 1. The first kappa shape index (κ1) is 7.72. The van der Waals surface area contributed by atoms with Gasteiger partial charge in [0.05, 0.1) is 6.20 Å². The summed E-state index contributed by atoms with van der Waals surface area (Å²) in [5.74, 6) is 0. The summed E-state index contributed by atoms with van der Waals surface area (Å²) >= 11 is 1.63. The molecule has 0 amide bonds. The smallest absolute Gasteiger partial charge is 0.124 e. The number of thiazole rings is 1. The van der Waals surface area contributed by atoms with Gasteiger partial charge in [0.15, 0.2) is 0 Å². The molecule has 1 atom stereocenters. The van der Waals surface area contributed by atoms with Gasteiger partial charge in [-0.15, -0.1) is 11.3 Å². The normalized spacial score (nSPS) is 13.8. The third-order valence-corrected chi connectivity index (χ3v) is 2.72. The van der Waals surface area contributed by atoms with Crippen LogP contribution in [0.5, 0.6) is 0 Å². The summed E-state index contributed by atoms with van der Waals surface area (Å²) in [5.41, 5.74) is 12.3. The summed E-state index contributed by atoms with van der Waals surface area (Å²) in [7, 11) is 0. The standard InChI is InChI=1S/C7H10N4S/c8-3-6(9)5-4-10-11-1-2-12-7(5)11/h1-2,4,6H,3,8-9H2. The minimum absolute atomic E-state index is 0.0962. The Morgan fingerprint density at radius 2 is 2.50 bits per heavy atom. The maximum atomic E-state index is 5.79. The third kappa shape index (κ3) is 1.03. The number of hydrogen-bond acceptors (Lipinski definition) is 4. The van der Waals surface area contributed by atoms with E-state index in [1.807, 2.05) is 16.1 Å². The van der Waals surface area contributed by atoms with Gasteiger partial charge in [0, 0.05) is 29.7 Å². The maximum Gasteiger partial charge on any atom is 0.124 e. The molecular formula is C7H10N4S. The highest BCUT2D eigenvalue weighted by atomic mass is 32.1. The van der Waals surface area contributed by atoms with Crippen LogP contribution >= 0.6 is 11.3 Å². The van der Waals surface area contributed by atoms with Crippen LogP contribution in [0, 0.1) is 0 Å². The van der Waals surface area contributed by atoms with Gasteiger partial charge in [-0.1, -0.05) is 0 Å². The van der Waals surface area contributed by atoms with Crippen molar-refractivity contribution in [2.75, 3.05) is 6.54 Å². The molecule has 0 aromatic carbocycles. The lowest BCUT2D eigenvalue weighted by Crippen LogP contribution is -2.20. The van der Waals surface area contributed by atoms with Gasteiger partial charge in [-0.05, 0) is 0 Å². The fourth-order valence-electron chi connectivity index (χ4n) is 1.13. The molecule has 5 heteroatoms. The van der Waals surface area contributed by atoms with E-state index in [0.29, 0.717) is 6.54 Å². The topological polar surface area (TPSA) is 69.3 Å². The largest absolute Gasteiger partial charge is 0.329 e. The molecule has 0 aliphatic rings. The van der Waals surface area contributed by atoms with E-state index in [-0.39, 0.29) is 6.04 Å². The van der Waals surface area contributed by atoms with Crippen molar-refractivity contribution in [3.8, 4) is 0 Å². The number of hydrogen-bond donors (Lipinski definition) is 2. The van der Waals surface area contributed by atoms with Gasteiger partial charge in [-0.25, -0.2) is 4.52 Å². The van der Waals surface area contributed by atoms with Gasteiger partial charge in [-0.2, -0.15) is 5.10 Å². The molecule has 0 bridgehead atoms. The van der Waals surface area contributed by atoms with Crippen molar-refractivity contribution in [3.05, 3.63) is 23.3 Å². The zero-order valence-corrected chi connectivity index (χ0v) is 7.29. The zero-order chi connectivity index (χ0) is 8.55. The van der Waals surface area contributed by atoms with Crippen LogP contribution in [0.15, 0.2) is 17.8 Å². The molecule has 0 aliphatic heterocycles. The van der Waals surface area contributed by atoms with Crippen molar-refractivity contribution in [3.63, 3.8) is 0 Å². The molecule has 64 valence electrons. The molecule has 2 aromatic heterocycles. The van der Waals surface area contributed by atoms with E-state index in [9.17, 15) is 0 Å². The van der Waals surface area contributed by atoms with Crippen molar-refractivity contribution in [1.82, 2.24) is 9.61 Å². The molecule has 0 saturated heterocycles. The third-order valence-electron chi connectivity index (χ3n) is 1.81. The summed E-state index contributed by atoms with van der Waals surface area (Å²) in [6.45, 7) is 0.458. The number of nitrogens with zero attached hydrogens (tertiary/aromatic N) is 2. The predicted octanol–water partition coefficient (Wildman–Crippen LogP) is 0.354. The van der Waals surface area contributed by atoms with Crippen molar-refractivity contribution in [2.24, 2.45) is 11.5 Å². The van der Waals surface area contributed by atoms with E-state index in [4.69, 9.17) is 11.5 Å². The SMILES string of the molecule is NCC(N)c1cnn2ccsc12. The summed E-state index contributed by atoms with van der Waals surface area (Å²) in [6, 6.07) is -0.0962. The molecule has 0 fully saturated rings. The summed E-state index contributed by atoms with van der Waals surface area (Å²) in [5, 5.41) is 6.12. The fraction of sp³-hybridized carbons (Fsp3) is 0.286. The van der Waals surface area contributed by atoms with Crippen molar-refractivity contribution >= 4 is 16.2 Å². The Hall–Kier alpha value is -0.910. The molecule has 0 aliphatic carbocycles. The van der Waals surface area contributed by atoms with Crippen LogP contribution in [0.3, 0.4) is 0 Å². The Balaban J connectivity index is 2.53. The Morgan fingerprint density at radius 1 is 1.67 bits per heavy atom. The molecule has 2 rings (SSSR count). The lowest BCUT2D eigenvalue weighted by Gasteiger charge is -2.03. The first-order chi connectivity index (χ1) is 5.83. The lowest BCUT2D eigenvalue weighted by atomic mass is 10.2. The Bertz CT molecular complexity index is 377. The predicted molar refractivity (Wildman–Crippen MR) is 49.1 cm³/mol. The minimum Gasteiger partial charge on any atom is -0.329 e. The average molecular weight is 182 g/mol. The highest BCUT2D eigenvalue weighted by molar-refractivity contribution is 7.15. The molecule has 4 N–H and O–H groups in total. The first-order valence-electron chi connectivity index (χ1n) is 3.69. The summed E-state index contributed by atoms with van der Waals surface area (Å²) in [4.78, 5) is 1.09. The molecule has 4 nitrogen and oxygen atoms in total. The summed E-state index contributed by atoms with van der Waals surface area (Å²) in [6.07, 6.45) is 3.69. The van der Waals surface area contributed by atoms with Crippen LogP contribution in [-0.4, -0.2) is 16.2 Å². The van der Waals surface area contributed by atoms with E-state index < -0.39 is 0 Å². The van der Waals surface area contributed by atoms with Gasteiger partial charge < -0.3 is 11.5 Å². The Morgan fingerprint density at radius 3 is 3.25 bits per heavy atom. The van der Waals surface area contributed by atoms with E-state index in [1.54, 1.807) is 17.5 Å². The number of nitrogens with two attached hydrogens (primary N) is 2. The Labute approximate surface area is 73.8 Å². The maximum absolute atomic E-state index is 5.79. The lowest BCUT2D eigenvalue weighted by molar-refractivity contribution is 0.744. The van der Waals surface area contributed by atoms with Gasteiger partial charge in [0.2, 0.25) is 0 Å². The van der Waals surface area contributed by atoms with Crippen LogP contribution < -0.4 is 11.5 Å². The van der Waals surface area contributed by atoms with E-state index in [2.05, 4.69) is 5.10 Å². The highest BCUT2D eigenvalue weighted by Crippen LogP contribution is 2.20. The molecule has 2 heterocycles. The number of aromatic nitrogens is 2. The number of rotatable bonds is 2. The van der Waals surface area contributed by atoms with Crippen LogP contribution in [0.4, 0.5) is 0 Å². The van der Waals surface area contributed by atoms with Crippen LogP contribution in [0.25, 0.3) is 4.83 Å². The molecular weight excluding hydrogens is 172 g/mol. The van der Waals surface area contributed by atoms with E-state index >= 15 is 0 Å². The second kappa shape index (κ2) is 2.85. The van der Waals surface area contributed by atoms with Crippen LogP contribution in [0.1, 0.15) is 11.6 Å². The second-order valence-corrected chi connectivity index (χ2v) is 3.49. The summed E-state index contributed by atoms with van der Waals surface area (Å²) < 4.78 is 1.82.